The summed E-state index contributed by atoms with van der Waals surface area (Å²) in [6.07, 6.45) is 8.88. The molecular formula is C17H23N7O2. The molecule has 1 aliphatic rings. The minimum Gasteiger partial charge on any atom is -0.495 e. The SMILES string of the molecule is COc1cncc(Nc2nc(NC3CCCCC3N)cnc2C(N)=O)c1. The topological polar surface area (TPSA) is 141 Å². The molecule has 3 rings (SSSR count). The van der Waals surface area contributed by atoms with Gasteiger partial charge in [-0.3, -0.25) is 9.78 Å². The lowest BCUT2D eigenvalue weighted by molar-refractivity contribution is 0.0996. The standard InChI is InChI=1S/C17H23N7O2/c1-26-11-6-10(7-20-8-11)22-17-15(16(19)25)21-9-14(24-17)23-13-5-3-2-4-12(13)18/h6-9,12-13H,2-5,18H2,1H3,(H2,19,25)(H2,22,23,24). The Morgan fingerprint density at radius 2 is 2.08 bits per heavy atom. The van der Waals surface area contributed by atoms with Crippen LogP contribution >= 0.6 is 0 Å². The van der Waals surface area contributed by atoms with E-state index in [1.165, 1.54) is 6.20 Å². The zero-order valence-corrected chi connectivity index (χ0v) is 14.6. The fourth-order valence-electron chi connectivity index (χ4n) is 2.99. The lowest BCUT2D eigenvalue weighted by atomic mass is 9.91. The molecule has 1 aliphatic carbocycles. The van der Waals surface area contributed by atoms with Gasteiger partial charge in [-0.25, -0.2) is 9.97 Å². The van der Waals surface area contributed by atoms with Crippen LogP contribution in [0.1, 0.15) is 36.2 Å². The predicted octanol–water partition coefficient (Wildman–Crippen LogP) is 1.40. The van der Waals surface area contributed by atoms with Crippen LogP contribution in [0, 0.1) is 0 Å². The van der Waals surface area contributed by atoms with Crippen molar-refractivity contribution >= 4 is 23.2 Å². The summed E-state index contributed by atoms with van der Waals surface area (Å²) in [5, 5.41) is 6.34. The van der Waals surface area contributed by atoms with Crippen molar-refractivity contribution in [3.8, 4) is 5.75 Å². The molecule has 0 bridgehead atoms. The Balaban J connectivity index is 1.85. The third-order valence-electron chi connectivity index (χ3n) is 4.37. The van der Waals surface area contributed by atoms with E-state index in [9.17, 15) is 4.79 Å². The molecule has 2 heterocycles. The number of primary amides is 1. The van der Waals surface area contributed by atoms with Crippen molar-refractivity contribution in [2.24, 2.45) is 11.5 Å². The van der Waals surface area contributed by atoms with Crippen LogP contribution in [0.4, 0.5) is 17.3 Å². The smallest absolute Gasteiger partial charge is 0.271 e. The second-order valence-corrected chi connectivity index (χ2v) is 6.25. The highest BCUT2D eigenvalue weighted by Crippen LogP contribution is 2.24. The minimum absolute atomic E-state index is 0.0475. The first kappa shape index (κ1) is 17.9. The number of ether oxygens (including phenoxy) is 1. The van der Waals surface area contributed by atoms with Crippen LogP contribution in [0.5, 0.6) is 5.75 Å². The Morgan fingerprint density at radius 1 is 1.27 bits per heavy atom. The lowest BCUT2D eigenvalue weighted by Crippen LogP contribution is -2.42. The first-order valence-corrected chi connectivity index (χ1v) is 8.52. The van der Waals surface area contributed by atoms with Gasteiger partial charge >= 0.3 is 0 Å². The predicted molar refractivity (Wildman–Crippen MR) is 98.5 cm³/mol. The van der Waals surface area contributed by atoms with Crippen molar-refractivity contribution in [2.45, 2.75) is 37.8 Å². The van der Waals surface area contributed by atoms with Gasteiger partial charge in [0.2, 0.25) is 0 Å². The second-order valence-electron chi connectivity index (χ2n) is 6.25. The van der Waals surface area contributed by atoms with Gasteiger partial charge in [-0.2, -0.15) is 0 Å². The Bertz CT molecular complexity index is 783. The second kappa shape index (κ2) is 7.96. The molecule has 138 valence electrons. The van der Waals surface area contributed by atoms with Crippen molar-refractivity contribution in [3.05, 3.63) is 30.4 Å². The number of aromatic nitrogens is 3. The number of hydrogen-bond acceptors (Lipinski definition) is 8. The molecule has 0 saturated heterocycles. The van der Waals surface area contributed by atoms with Crippen molar-refractivity contribution < 1.29 is 9.53 Å². The molecule has 2 aromatic rings. The van der Waals surface area contributed by atoms with E-state index in [1.807, 2.05) is 0 Å². The molecule has 9 heteroatoms. The molecule has 0 radical (unpaired) electrons. The molecule has 2 unspecified atom stereocenters. The van der Waals surface area contributed by atoms with Crippen LogP contribution in [0.2, 0.25) is 0 Å². The third kappa shape index (κ3) is 4.17. The fraction of sp³-hybridized carbons (Fsp3) is 0.412. The highest BCUT2D eigenvalue weighted by atomic mass is 16.5. The first-order valence-electron chi connectivity index (χ1n) is 8.52. The monoisotopic (exact) mass is 357 g/mol. The number of nitrogens with one attached hydrogen (secondary N) is 2. The van der Waals surface area contributed by atoms with Crippen LogP contribution in [-0.2, 0) is 0 Å². The van der Waals surface area contributed by atoms with Crippen LogP contribution in [0.15, 0.2) is 24.7 Å². The van der Waals surface area contributed by atoms with Crippen molar-refractivity contribution in [2.75, 3.05) is 17.7 Å². The fourth-order valence-corrected chi connectivity index (χ4v) is 2.99. The molecule has 0 spiro atoms. The zero-order valence-electron chi connectivity index (χ0n) is 14.6. The molecule has 1 saturated carbocycles. The summed E-state index contributed by atoms with van der Waals surface area (Å²) in [6, 6.07) is 1.93. The third-order valence-corrected chi connectivity index (χ3v) is 4.37. The Morgan fingerprint density at radius 3 is 2.81 bits per heavy atom. The largest absolute Gasteiger partial charge is 0.495 e. The molecule has 9 nitrogen and oxygen atoms in total. The summed E-state index contributed by atoms with van der Waals surface area (Å²) < 4.78 is 5.15. The Kier molecular flexibility index (Phi) is 5.47. The molecule has 1 fully saturated rings. The van der Waals surface area contributed by atoms with Gasteiger partial charge in [0.25, 0.3) is 5.91 Å². The van der Waals surface area contributed by atoms with Gasteiger partial charge in [0.1, 0.15) is 11.6 Å². The summed E-state index contributed by atoms with van der Waals surface area (Å²) >= 11 is 0. The van der Waals surface area contributed by atoms with Crippen LogP contribution < -0.4 is 26.8 Å². The van der Waals surface area contributed by atoms with Crippen molar-refractivity contribution in [3.63, 3.8) is 0 Å². The van der Waals surface area contributed by atoms with E-state index >= 15 is 0 Å². The van der Waals surface area contributed by atoms with Gasteiger partial charge in [-0.15, -0.1) is 0 Å². The average molecular weight is 357 g/mol. The number of amides is 1. The highest BCUT2D eigenvalue weighted by molar-refractivity contribution is 5.96. The number of nitrogens with zero attached hydrogens (tertiary/aromatic N) is 3. The minimum atomic E-state index is -0.670. The van der Waals surface area contributed by atoms with Gasteiger partial charge < -0.3 is 26.8 Å². The lowest BCUT2D eigenvalue weighted by Gasteiger charge is -2.29. The molecule has 26 heavy (non-hydrogen) atoms. The zero-order chi connectivity index (χ0) is 18.5. The number of nitrogens with two attached hydrogens (primary N) is 2. The van der Waals surface area contributed by atoms with E-state index in [0.29, 0.717) is 17.3 Å². The van der Waals surface area contributed by atoms with Gasteiger partial charge in [-0.1, -0.05) is 12.8 Å². The van der Waals surface area contributed by atoms with E-state index in [1.54, 1.807) is 25.6 Å². The quantitative estimate of drug-likeness (QED) is 0.608. The van der Waals surface area contributed by atoms with Crippen LogP contribution in [0.3, 0.4) is 0 Å². The molecular weight excluding hydrogens is 334 g/mol. The number of carbonyl (C=O) groups excluding carboxylic acids is 1. The number of pyridine rings is 1. The normalized spacial score (nSPS) is 19.6. The number of hydrogen-bond donors (Lipinski definition) is 4. The number of rotatable bonds is 6. The van der Waals surface area contributed by atoms with E-state index < -0.39 is 5.91 Å². The van der Waals surface area contributed by atoms with Gasteiger partial charge in [-0.05, 0) is 12.8 Å². The van der Waals surface area contributed by atoms with E-state index in [4.69, 9.17) is 16.2 Å². The molecule has 0 aliphatic heterocycles. The summed E-state index contributed by atoms with van der Waals surface area (Å²) in [5.74, 6) is 0.695. The Hall–Kier alpha value is -2.94. The van der Waals surface area contributed by atoms with Gasteiger partial charge in [0, 0.05) is 18.2 Å². The summed E-state index contributed by atoms with van der Waals surface area (Å²) in [5.41, 5.74) is 12.2. The van der Waals surface area contributed by atoms with Gasteiger partial charge in [0.15, 0.2) is 11.5 Å². The highest BCUT2D eigenvalue weighted by Gasteiger charge is 2.23. The van der Waals surface area contributed by atoms with Crippen LogP contribution in [0.25, 0.3) is 0 Å². The number of anilines is 3. The van der Waals surface area contributed by atoms with Gasteiger partial charge in [0.05, 0.1) is 31.4 Å². The summed E-state index contributed by atoms with van der Waals surface area (Å²) in [4.78, 5) is 24.4. The van der Waals surface area contributed by atoms with E-state index in [2.05, 4.69) is 25.6 Å². The summed E-state index contributed by atoms with van der Waals surface area (Å²) in [7, 11) is 1.55. The molecule has 1 amide bonds. The average Bonchev–Trinajstić information content (AvgIpc) is 2.64. The molecule has 6 N–H and O–H groups in total. The molecule has 2 atom stereocenters. The molecule has 0 aromatic carbocycles. The van der Waals surface area contributed by atoms with Crippen molar-refractivity contribution in [1.29, 1.82) is 0 Å². The number of carbonyl (C=O) groups is 1. The summed E-state index contributed by atoms with van der Waals surface area (Å²) in [6.45, 7) is 0. The van der Waals surface area contributed by atoms with E-state index in [-0.39, 0.29) is 23.6 Å². The molecule has 2 aromatic heterocycles. The maximum Gasteiger partial charge on any atom is 0.271 e. The number of methoxy groups -OCH3 is 1. The van der Waals surface area contributed by atoms with E-state index in [0.717, 1.165) is 25.7 Å². The van der Waals surface area contributed by atoms with Crippen LogP contribution in [-0.4, -0.2) is 40.1 Å². The maximum atomic E-state index is 11.7. The maximum absolute atomic E-state index is 11.7. The first-order chi connectivity index (χ1) is 12.6. The Labute approximate surface area is 151 Å². The van der Waals surface area contributed by atoms with Crippen molar-refractivity contribution in [1.82, 2.24) is 15.0 Å².